The Kier molecular flexibility index (Phi) is 5.41. The average Bonchev–Trinajstić information content (AvgIpc) is 2.32. The van der Waals surface area contributed by atoms with E-state index in [1.807, 2.05) is 13.0 Å². The minimum absolute atomic E-state index is 0.225. The van der Waals surface area contributed by atoms with Crippen LogP contribution in [0.4, 0.5) is 0 Å². The zero-order valence-corrected chi connectivity index (χ0v) is 10.7. The largest absolute Gasteiger partial charge is 0.496 e. The first-order valence-electron chi connectivity index (χ1n) is 5.72. The lowest BCUT2D eigenvalue weighted by Gasteiger charge is -2.13. The molecule has 1 aromatic carbocycles. The van der Waals surface area contributed by atoms with Gasteiger partial charge in [0.05, 0.1) is 19.8 Å². The Morgan fingerprint density at radius 3 is 2.53 bits per heavy atom. The van der Waals surface area contributed by atoms with Crippen LogP contribution in [0.1, 0.15) is 16.7 Å². The van der Waals surface area contributed by atoms with E-state index in [-0.39, 0.29) is 6.61 Å². The van der Waals surface area contributed by atoms with Crippen LogP contribution in [0.2, 0.25) is 0 Å². The van der Waals surface area contributed by atoms with Crippen LogP contribution in [0.15, 0.2) is 12.1 Å². The lowest BCUT2D eigenvalue weighted by atomic mass is 10.0. The van der Waals surface area contributed by atoms with Gasteiger partial charge in [0.2, 0.25) is 0 Å². The zero-order valence-electron chi connectivity index (χ0n) is 10.7. The molecule has 0 aliphatic carbocycles. The Hall–Kier alpha value is -1.10. The number of methoxy groups -OCH3 is 1. The molecule has 0 aliphatic rings. The molecule has 1 aromatic rings. The van der Waals surface area contributed by atoms with Gasteiger partial charge in [0, 0.05) is 18.7 Å². The molecule has 4 nitrogen and oxygen atoms in total. The number of aliphatic hydroxyl groups is 2. The molecule has 1 unspecified atom stereocenters. The first-order valence-corrected chi connectivity index (χ1v) is 5.72. The fourth-order valence-electron chi connectivity index (χ4n) is 1.62. The molecule has 0 saturated heterocycles. The molecule has 3 N–H and O–H groups in total. The van der Waals surface area contributed by atoms with Gasteiger partial charge < -0.3 is 20.3 Å². The molecule has 0 bridgehead atoms. The first-order chi connectivity index (χ1) is 8.08. The van der Waals surface area contributed by atoms with E-state index < -0.39 is 6.10 Å². The maximum absolute atomic E-state index is 9.22. The third-order valence-electron chi connectivity index (χ3n) is 2.80. The van der Waals surface area contributed by atoms with Crippen LogP contribution in [0.25, 0.3) is 0 Å². The zero-order chi connectivity index (χ0) is 12.8. The van der Waals surface area contributed by atoms with Crippen LogP contribution >= 0.6 is 0 Å². The summed E-state index contributed by atoms with van der Waals surface area (Å²) >= 11 is 0. The summed E-state index contributed by atoms with van der Waals surface area (Å²) in [6.45, 7) is 4.86. The molecule has 0 aromatic heterocycles. The average molecular weight is 239 g/mol. The van der Waals surface area contributed by atoms with Crippen LogP contribution in [-0.4, -0.2) is 36.6 Å². The third-order valence-corrected chi connectivity index (χ3v) is 2.80. The van der Waals surface area contributed by atoms with Crippen molar-refractivity contribution in [3.8, 4) is 5.75 Å². The van der Waals surface area contributed by atoms with Gasteiger partial charge in [0.1, 0.15) is 5.75 Å². The maximum atomic E-state index is 9.22. The Bertz CT molecular complexity index is 366. The molecule has 0 aliphatic heterocycles. The molecule has 4 heteroatoms. The van der Waals surface area contributed by atoms with E-state index in [9.17, 15) is 5.11 Å². The van der Waals surface area contributed by atoms with Crippen molar-refractivity contribution in [3.63, 3.8) is 0 Å². The standard InChI is InChI=1S/C13H21NO3/c1-9-4-11(6-14-7-12(16)8-15)13(17-3)5-10(9)2/h4-5,12,14-16H,6-8H2,1-3H3. The molecule has 1 atom stereocenters. The minimum Gasteiger partial charge on any atom is -0.496 e. The van der Waals surface area contributed by atoms with Crippen LogP contribution in [0.3, 0.4) is 0 Å². The van der Waals surface area contributed by atoms with Gasteiger partial charge in [-0.2, -0.15) is 0 Å². The summed E-state index contributed by atoms with van der Waals surface area (Å²) in [5, 5.41) is 21.0. The molecule has 1 rings (SSSR count). The summed E-state index contributed by atoms with van der Waals surface area (Å²) in [7, 11) is 1.65. The maximum Gasteiger partial charge on any atom is 0.123 e. The van der Waals surface area contributed by atoms with Gasteiger partial charge in [-0.15, -0.1) is 0 Å². The SMILES string of the molecule is COc1cc(C)c(C)cc1CNCC(O)CO. The summed E-state index contributed by atoms with van der Waals surface area (Å²) in [5.41, 5.74) is 3.46. The molecule has 0 radical (unpaired) electrons. The number of hydrogen-bond acceptors (Lipinski definition) is 4. The van der Waals surface area contributed by atoms with Crippen molar-refractivity contribution in [2.75, 3.05) is 20.3 Å². The lowest BCUT2D eigenvalue weighted by Crippen LogP contribution is -2.29. The summed E-state index contributed by atoms with van der Waals surface area (Å²) < 4.78 is 5.31. The summed E-state index contributed by atoms with van der Waals surface area (Å²) in [6, 6.07) is 4.08. The first kappa shape index (κ1) is 14.0. The highest BCUT2D eigenvalue weighted by Gasteiger charge is 2.07. The highest BCUT2D eigenvalue weighted by atomic mass is 16.5. The molecule has 0 fully saturated rings. The summed E-state index contributed by atoms with van der Waals surface area (Å²) in [5.74, 6) is 0.846. The number of nitrogens with one attached hydrogen (secondary N) is 1. The highest BCUT2D eigenvalue weighted by molar-refractivity contribution is 5.41. The van der Waals surface area contributed by atoms with E-state index in [2.05, 4.69) is 18.3 Å². The summed E-state index contributed by atoms with van der Waals surface area (Å²) in [6.07, 6.45) is -0.715. The van der Waals surface area contributed by atoms with Crippen LogP contribution < -0.4 is 10.1 Å². The van der Waals surface area contributed by atoms with Crippen molar-refractivity contribution >= 4 is 0 Å². The van der Waals surface area contributed by atoms with Gasteiger partial charge in [0.15, 0.2) is 0 Å². The van der Waals surface area contributed by atoms with E-state index in [0.717, 1.165) is 11.3 Å². The Morgan fingerprint density at radius 2 is 1.94 bits per heavy atom. The van der Waals surface area contributed by atoms with E-state index in [1.54, 1.807) is 7.11 Å². The normalized spacial score (nSPS) is 12.5. The molecule has 0 saturated carbocycles. The van der Waals surface area contributed by atoms with Crippen molar-refractivity contribution < 1.29 is 14.9 Å². The number of rotatable bonds is 6. The number of hydrogen-bond donors (Lipinski definition) is 3. The number of aryl methyl sites for hydroxylation is 2. The van der Waals surface area contributed by atoms with Gasteiger partial charge in [-0.05, 0) is 31.0 Å². The molecule has 96 valence electrons. The molecular formula is C13H21NO3. The quantitative estimate of drug-likeness (QED) is 0.685. The lowest BCUT2D eigenvalue weighted by molar-refractivity contribution is 0.0942. The Labute approximate surface area is 102 Å². The monoisotopic (exact) mass is 239 g/mol. The number of benzene rings is 1. The van der Waals surface area contributed by atoms with Gasteiger partial charge in [-0.1, -0.05) is 6.07 Å². The van der Waals surface area contributed by atoms with E-state index >= 15 is 0 Å². The second-order valence-corrected chi connectivity index (χ2v) is 4.22. The fourth-order valence-corrected chi connectivity index (χ4v) is 1.62. The Morgan fingerprint density at radius 1 is 1.29 bits per heavy atom. The van der Waals surface area contributed by atoms with Crippen molar-refractivity contribution in [1.29, 1.82) is 0 Å². The molecule has 0 amide bonds. The van der Waals surface area contributed by atoms with Crippen molar-refractivity contribution in [2.24, 2.45) is 0 Å². The van der Waals surface area contributed by atoms with E-state index in [0.29, 0.717) is 13.1 Å². The predicted octanol–water partition coefficient (Wildman–Crippen LogP) is 0.755. The van der Waals surface area contributed by atoms with Crippen molar-refractivity contribution in [2.45, 2.75) is 26.5 Å². The van der Waals surface area contributed by atoms with E-state index in [4.69, 9.17) is 9.84 Å². The van der Waals surface area contributed by atoms with E-state index in [1.165, 1.54) is 11.1 Å². The van der Waals surface area contributed by atoms with Gasteiger partial charge >= 0.3 is 0 Å². The molecule has 0 heterocycles. The van der Waals surface area contributed by atoms with Gasteiger partial charge in [0.25, 0.3) is 0 Å². The van der Waals surface area contributed by atoms with Crippen LogP contribution in [0.5, 0.6) is 5.75 Å². The minimum atomic E-state index is -0.715. The molecular weight excluding hydrogens is 218 g/mol. The van der Waals surface area contributed by atoms with Gasteiger partial charge in [-0.3, -0.25) is 0 Å². The predicted molar refractivity (Wildman–Crippen MR) is 67.3 cm³/mol. The Balaban J connectivity index is 2.66. The fraction of sp³-hybridized carbons (Fsp3) is 0.538. The van der Waals surface area contributed by atoms with Crippen molar-refractivity contribution in [1.82, 2.24) is 5.32 Å². The number of aliphatic hydroxyl groups excluding tert-OH is 2. The summed E-state index contributed by atoms with van der Waals surface area (Å²) in [4.78, 5) is 0. The molecule has 17 heavy (non-hydrogen) atoms. The van der Waals surface area contributed by atoms with Crippen LogP contribution in [0, 0.1) is 13.8 Å². The second-order valence-electron chi connectivity index (χ2n) is 4.22. The number of ether oxygens (including phenoxy) is 1. The topological polar surface area (TPSA) is 61.7 Å². The molecule has 0 spiro atoms. The smallest absolute Gasteiger partial charge is 0.123 e. The highest BCUT2D eigenvalue weighted by Crippen LogP contribution is 2.22. The second kappa shape index (κ2) is 6.59. The van der Waals surface area contributed by atoms with Gasteiger partial charge in [-0.25, -0.2) is 0 Å². The van der Waals surface area contributed by atoms with Crippen LogP contribution in [-0.2, 0) is 6.54 Å². The third kappa shape index (κ3) is 4.00. The van der Waals surface area contributed by atoms with Crippen molar-refractivity contribution in [3.05, 3.63) is 28.8 Å².